The maximum Gasteiger partial charge on any atom is 0.119 e. The SMILES string of the molecule is N#Cc1ccc(OCCCN2C[C@@H]3CCC[C@@H]32)cc1. The van der Waals surface area contributed by atoms with E-state index in [9.17, 15) is 0 Å². The van der Waals surface area contributed by atoms with E-state index in [1.807, 2.05) is 12.1 Å². The molecule has 0 bridgehead atoms. The van der Waals surface area contributed by atoms with Crippen molar-refractivity contribution in [3.63, 3.8) is 0 Å². The number of hydrogen-bond acceptors (Lipinski definition) is 3. The predicted molar refractivity (Wildman–Crippen MR) is 74.0 cm³/mol. The molecule has 19 heavy (non-hydrogen) atoms. The second-order valence-corrected chi connectivity index (χ2v) is 5.59. The lowest BCUT2D eigenvalue weighted by atomic mass is 9.92. The Balaban J connectivity index is 1.35. The first-order chi connectivity index (χ1) is 9.36. The van der Waals surface area contributed by atoms with Crippen LogP contribution in [-0.4, -0.2) is 30.6 Å². The van der Waals surface area contributed by atoms with E-state index in [4.69, 9.17) is 10.00 Å². The Hall–Kier alpha value is -1.53. The van der Waals surface area contributed by atoms with Crippen molar-refractivity contribution in [2.24, 2.45) is 5.92 Å². The Morgan fingerprint density at radius 2 is 2.11 bits per heavy atom. The van der Waals surface area contributed by atoms with Crippen molar-refractivity contribution in [3.05, 3.63) is 29.8 Å². The van der Waals surface area contributed by atoms with Gasteiger partial charge in [0, 0.05) is 19.1 Å². The summed E-state index contributed by atoms with van der Waals surface area (Å²) < 4.78 is 5.70. The quantitative estimate of drug-likeness (QED) is 0.760. The zero-order valence-corrected chi connectivity index (χ0v) is 11.2. The topological polar surface area (TPSA) is 36.3 Å². The predicted octanol–water partition coefficient (Wildman–Crippen LogP) is 2.81. The molecule has 0 unspecified atom stereocenters. The fourth-order valence-corrected chi connectivity index (χ4v) is 3.35. The molecule has 1 aromatic carbocycles. The van der Waals surface area contributed by atoms with Crippen LogP contribution in [0.25, 0.3) is 0 Å². The summed E-state index contributed by atoms with van der Waals surface area (Å²) in [5, 5.41) is 8.72. The van der Waals surface area contributed by atoms with Gasteiger partial charge in [0.2, 0.25) is 0 Å². The molecule has 2 aliphatic rings. The second-order valence-electron chi connectivity index (χ2n) is 5.59. The molecular formula is C16H20N2O. The summed E-state index contributed by atoms with van der Waals surface area (Å²) >= 11 is 0. The first-order valence-corrected chi connectivity index (χ1v) is 7.24. The van der Waals surface area contributed by atoms with Crippen molar-refractivity contribution < 1.29 is 4.74 Å². The van der Waals surface area contributed by atoms with Gasteiger partial charge in [-0.25, -0.2) is 0 Å². The normalized spacial score (nSPS) is 25.4. The van der Waals surface area contributed by atoms with Crippen LogP contribution < -0.4 is 4.74 Å². The van der Waals surface area contributed by atoms with Gasteiger partial charge in [0.1, 0.15) is 5.75 Å². The summed E-state index contributed by atoms with van der Waals surface area (Å²) in [6.07, 6.45) is 5.36. The number of hydrogen-bond donors (Lipinski definition) is 0. The molecule has 2 fully saturated rings. The molecule has 3 nitrogen and oxygen atoms in total. The van der Waals surface area contributed by atoms with Crippen LogP contribution in [0, 0.1) is 17.2 Å². The van der Waals surface area contributed by atoms with Gasteiger partial charge >= 0.3 is 0 Å². The van der Waals surface area contributed by atoms with Crippen LogP contribution in [0.15, 0.2) is 24.3 Å². The monoisotopic (exact) mass is 256 g/mol. The maximum absolute atomic E-state index is 8.72. The molecule has 1 heterocycles. The maximum atomic E-state index is 8.72. The fourth-order valence-electron chi connectivity index (χ4n) is 3.35. The summed E-state index contributed by atoms with van der Waals surface area (Å²) in [5.41, 5.74) is 0.681. The number of nitrogens with zero attached hydrogens (tertiary/aromatic N) is 2. The Kier molecular flexibility index (Phi) is 3.70. The molecule has 1 saturated heterocycles. The van der Waals surface area contributed by atoms with Gasteiger partial charge in [-0.05, 0) is 49.4 Å². The highest BCUT2D eigenvalue weighted by Gasteiger charge is 2.41. The van der Waals surface area contributed by atoms with E-state index in [1.165, 1.54) is 25.8 Å². The van der Waals surface area contributed by atoms with E-state index in [0.717, 1.165) is 37.3 Å². The molecule has 0 spiro atoms. The zero-order valence-electron chi connectivity index (χ0n) is 11.2. The third-order valence-electron chi connectivity index (χ3n) is 4.40. The van der Waals surface area contributed by atoms with Crippen LogP contribution >= 0.6 is 0 Å². The molecule has 3 rings (SSSR count). The lowest BCUT2D eigenvalue weighted by Gasteiger charge is -2.44. The van der Waals surface area contributed by atoms with Crippen LogP contribution in [0.5, 0.6) is 5.75 Å². The van der Waals surface area contributed by atoms with Gasteiger partial charge in [-0.15, -0.1) is 0 Å². The van der Waals surface area contributed by atoms with E-state index in [1.54, 1.807) is 12.1 Å². The third-order valence-corrected chi connectivity index (χ3v) is 4.40. The van der Waals surface area contributed by atoms with Crippen LogP contribution in [0.3, 0.4) is 0 Å². The number of likely N-dealkylation sites (tertiary alicyclic amines) is 1. The van der Waals surface area contributed by atoms with Gasteiger partial charge < -0.3 is 4.74 Å². The zero-order chi connectivity index (χ0) is 13.1. The van der Waals surface area contributed by atoms with Crippen molar-refractivity contribution in [2.45, 2.75) is 31.7 Å². The molecule has 0 radical (unpaired) electrons. The smallest absolute Gasteiger partial charge is 0.119 e. The Bertz CT molecular complexity index is 463. The van der Waals surface area contributed by atoms with Gasteiger partial charge in [0.05, 0.1) is 18.2 Å². The van der Waals surface area contributed by atoms with Crippen molar-refractivity contribution in [1.82, 2.24) is 4.90 Å². The molecule has 2 atom stereocenters. The lowest BCUT2D eigenvalue weighted by Crippen LogP contribution is -2.53. The van der Waals surface area contributed by atoms with Gasteiger partial charge in [0.25, 0.3) is 0 Å². The number of rotatable bonds is 5. The summed E-state index contributed by atoms with van der Waals surface area (Å²) in [5.74, 6) is 1.86. The molecule has 0 N–H and O–H groups in total. The molecule has 1 aliphatic heterocycles. The molecule has 1 aromatic rings. The number of benzene rings is 1. The van der Waals surface area contributed by atoms with Crippen LogP contribution in [0.4, 0.5) is 0 Å². The highest BCUT2D eigenvalue weighted by molar-refractivity contribution is 5.34. The van der Waals surface area contributed by atoms with E-state index >= 15 is 0 Å². The minimum Gasteiger partial charge on any atom is -0.494 e. The average Bonchev–Trinajstić information content (AvgIpc) is 2.80. The minimum absolute atomic E-state index is 0.681. The lowest BCUT2D eigenvalue weighted by molar-refractivity contribution is 0.0341. The Labute approximate surface area is 114 Å². The molecule has 1 aliphatic carbocycles. The van der Waals surface area contributed by atoms with Crippen molar-refractivity contribution in [1.29, 1.82) is 5.26 Å². The Morgan fingerprint density at radius 1 is 1.26 bits per heavy atom. The summed E-state index contributed by atoms with van der Waals surface area (Å²) in [6.45, 7) is 3.23. The molecule has 0 aromatic heterocycles. The Morgan fingerprint density at radius 3 is 2.84 bits per heavy atom. The number of nitriles is 1. The largest absolute Gasteiger partial charge is 0.494 e. The van der Waals surface area contributed by atoms with Gasteiger partial charge in [-0.2, -0.15) is 5.26 Å². The number of ether oxygens (including phenoxy) is 1. The van der Waals surface area contributed by atoms with Crippen molar-refractivity contribution in [2.75, 3.05) is 19.7 Å². The summed E-state index contributed by atoms with van der Waals surface area (Å²) in [7, 11) is 0. The van der Waals surface area contributed by atoms with E-state index in [2.05, 4.69) is 11.0 Å². The van der Waals surface area contributed by atoms with E-state index in [-0.39, 0.29) is 0 Å². The van der Waals surface area contributed by atoms with Crippen molar-refractivity contribution >= 4 is 0 Å². The fraction of sp³-hybridized carbons (Fsp3) is 0.562. The standard InChI is InChI=1S/C16H20N2O/c17-11-13-5-7-15(8-6-13)19-10-2-9-18-12-14-3-1-4-16(14)18/h5-8,14,16H,1-4,9-10,12H2/t14-,16-/m0/s1. The summed E-state index contributed by atoms with van der Waals surface area (Å²) in [6, 6.07) is 10.3. The highest BCUT2D eigenvalue weighted by Crippen LogP contribution is 2.38. The minimum atomic E-state index is 0.681. The van der Waals surface area contributed by atoms with E-state index < -0.39 is 0 Å². The van der Waals surface area contributed by atoms with Crippen molar-refractivity contribution in [3.8, 4) is 11.8 Å². The average molecular weight is 256 g/mol. The molecular weight excluding hydrogens is 236 g/mol. The highest BCUT2D eigenvalue weighted by atomic mass is 16.5. The van der Waals surface area contributed by atoms with Gasteiger partial charge in [0.15, 0.2) is 0 Å². The van der Waals surface area contributed by atoms with E-state index in [0.29, 0.717) is 5.56 Å². The third kappa shape index (κ3) is 2.74. The first-order valence-electron chi connectivity index (χ1n) is 7.24. The first kappa shape index (κ1) is 12.5. The second kappa shape index (κ2) is 5.63. The van der Waals surface area contributed by atoms with Crippen LogP contribution in [-0.2, 0) is 0 Å². The van der Waals surface area contributed by atoms with Crippen LogP contribution in [0.1, 0.15) is 31.2 Å². The molecule has 100 valence electrons. The molecule has 3 heteroatoms. The molecule has 1 saturated carbocycles. The van der Waals surface area contributed by atoms with Gasteiger partial charge in [-0.3, -0.25) is 4.90 Å². The van der Waals surface area contributed by atoms with Gasteiger partial charge in [-0.1, -0.05) is 6.42 Å². The van der Waals surface area contributed by atoms with Crippen LogP contribution in [0.2, 0.25) is 0 Å². The number of fused-ring (bicyclic) bond motifs is 1. The molecule has 0 amide bonds. The summed E-state index contributed by atoms with van der Waals surface area (Å²) in [4.78, 5) is 2.61.